The number of carbonyl (C=O) groups is 1. The van der Waals surface area contributed by atoms with Crippen LogP contribution in [0.5, 0.6) is 0 Å². The van der Waals surface area contributed by atoms with Gasteiger partial charge in [-0.25, -0.2) is 4.79 Å². The van der Waals surface area contributed by atoms with Crippen LogP contribution in [0.25, 0.3) is 11.4 Å². The highest BCUT2D eigenvalue weighted by atomic mass is 16.5. The largest absolute Gasteiger partial charge is 0.378 e. The van der Waals surface area contributed by atoms with Gasteiger partial charge in [-0.1, -0.05) is 12.1 Å². The molecule has 2 aromatic rings. The molecular formula is C18H26N6O2. The van der Waals surface area contributed by atoms with E-state index in [0.717, 1.165) is 37.9 Å². The van der Waals surface area contributed by atoms with E-state index in [0.29, 0.717) is 30.7 Å². The first kappa shape index (κ1) is 18.3. The van der Waals surface area contributed by atoms with Crippen LogP contribution in [-0.4, -0.2) is 57.4 Å². The molecule has 2 amide bonds. The second-order valence-electron chi connectivity index (χ2n) is 6.51. The zero-order valence-corrected chi connectivity index (χ0v) is 15.4. The third-order valence-corrected chi connectivity index (χ3v) is 4.50. The van der Waals surface area contributed by atoms with Crippen LogP contribution in [0.15, 0.2) is 24.3 Å². The fourth-order valence-corrected chi connectivity index (χ4v) is 2.98. The quantitative estimate of drug-likeness (QED) is 0.822. The summed E-state index contributed by atoms with van der Waals surface area (Å²) in [7, 11) is 1.81. The number of hydrogen-bond donors (Lipinski definition) is 1. The lowest BCUT2D eigenvalue weighted by atomic mass is 10.1. The van der Waals surface area contributed by atoms with E-state index < -0.39 is 0 Å². The van der Waals surface area contributed by atoms with Crippen molar-refractivity contribution in [1.82, 2.24) is 25.1 Å². The Morgan fingerprint density at radius 1 is 1.46 bits per heavy atom. The summed E-state index contributed by atoms with van der Waals surface area (Å²) in [6, 6.07) is 7.35. The summed E-state index contributed by atoms with van der Waals surface area (Å²) < 4.78 is 5.62. The molecule has 1 saturated heterocycles. The maximum absolute atomic E-state index is 12.4. The molecule has 1 fully saturated rings. The van der Waals surface area contributed by atoms with Crippen LogP contribution in [0.1, 0.15) is 32.6 Å². The fraction of sp³-hybridized carbons (Fsp3) is 0.556. The number of tetrazole rings is 1. The van der Waals surface area contributed by atoms with Gasteiger partial charge in [0.25, 0.3) is 0 Å². The van der Waals surface area contributed by atoms with Gasteiger partial charge in [0.15, 0.2) is 0 Å². The molecule has 1 aliphatic heterocycles. The summed E-state index contributed by atoms with van der Waals surface area (Å²) in [6.45, 7) is 4.20. The molecule has 8 nitrogen and oxygen atoms in total. The summed E-state index contributed by atoms with van der Waals surface area (Å²) in [5.41, 5.74) is 1.54. The number of ether oxygens (including phenoxy) is 1. The molecular weight excluding hydrogens is 332 g/mol. The topological polar surface area (TPSA) is 85.2 Å². The monoisotopic (exact) mass is 358 g/mol. The average molecular weight is 358 g/mol. The van der Waals surface area contributed by atoms with Gasteiger partial charge >= 0.3 is 6.03 Å². The van der Waals surface area contributed by atoms with Gasteiger partial charge in [-0.15, -0.1) is 10.2 Å². The van der Waals surface area contributed by atoms with E-state index in [1.165, 1.54) is 4.80 Å². The van der Waals surface area contributed by atoms with Gasteiger partial charge in [0, 0.05) is 31.5 Å². The second kappa shape index (κ2) is 8.75. The van der Waals surface area contributed by atoms with Gasteiger partial charge in [0.1, 0.15) is 0 Å². The molecule has 0 unspecified atom stereocenters. The number of amides is 2. The molecule has 2 heterocycles. The molecule has 26 heavy (non-hydrogen) atoms. The molecule has 0 bridgehead atoms. The smallest absolute Gasteiger partial charge is 0.321 e. The molecule has 1 aromatic heterocycles. The molecule has 3 rings (SSSR count). The summed E-state index contributed by atoms with van der Waals surface area (Å²) in [5.74, 6) is 0.549. The summed E-state index contributed by atoms with van der Waals surface area (Å²) in [6.07, 6.45) is 4.61. The molecule has 8 heteroatoms. The van der Waals surface area contributed by atoms with Crippen LogP contribution < -0.4 is 5.32 Å². The third kappa shape index (κ3) is 4.78. The molecule has 140 valence electrons. The van der Waals surface area contributed by atoms with E-state index in [-0.39, 0.29) is 6.03 Å². The first-order chi connectivity index (χ1) is 12.7. The number of aryl methyl sites for hydroxylation is 1. The Morgan fingerprint density at radius 3 is 3.08 bits per heavy atom. The van der Waals surface area contributed by atoms with Crippen LogP contribution in [0.3, 0.4) is 0 Å². The molecule has 0 spiro atoms. The number of aromatic nitrogens is 4. The zero-order valence-electron chi connectivity index (χ0n) is 15.4. The zero-order chi connectivity index (χ0) is 18.4. The van der Waals surface area contributed by atoms with Gasteiger partial charge in [-0.3, -0.25) is 0 Å². The summed E-state index contributed by atoms with van der Waals surface area (Å²) in [4.78, 5) is 15.6. The minimum absolute atomic E-state index is 0.125. The Bertz CT molecular complexity index is 726. The van der Waals surface area contributed by atoms with Crippen molar-refractivity contribution in [2.24, 2.45) is 0 Å². The van der Waals surface area contributed by atoms with Crippen LogP contribution in [0, 0.1) is 0 Å². The predicted molar refractivity (Wildman–Crippen MR) is 98.8 cm³/mol. The molecule has 0 aliphatic carbocycles. The average Bonchev–Trinajstić information content (AvgIpc) is 3.33. The number of hydrogen-bond acceptors (Lipinski definition) is 5. The summed E-state index contributed by atoms with van der Waals surface area (Å²) >= 11 is 0. The Hall–Kier alpha value is -2.48. The van der Waals surface area contributed by atoms with Crippen molar-refractivity contribution in [3.8, 4) is 11.4 Å². The molecule has 1 N–H and O–H groups in total. The summed E-state index contributed by atoms with van der Waals surface area (Å²) in [5, 5.41) is 15.2. The van der Waals surface area contributed by atoms with E-state index >= 15 is 0 Å². The lowest BCUT2D eigenvalue weighted by Crippen LogP contribution is -2.32. The normalized spacial score (nSPS) is 16.6. The van der Waals surface area contributed by atoms with Crippen molar-refractivity contribution in [1.29, 1.82) is 0 Å². The Kier molecular flexibility index (Phi) is 6.17. The van der Waals surface area contributed by atoms with Gasteiger partial charge in [0.2, 0.25) is 5.82 Å². The number of anilines is 1. The van der Waals surface area contributed by atoms with Crippen molar-refractivity contribution in [3.63, 3.8) is 0 Å². The highest BCUT2D eigenvalue weighted by Gasteiger charge is 2.16. The minimum Gasteiger partial charge on any atom is -0.378 e. The molecule has 0 saturated carbocycles. The molecule has 1 atom stereocenters. The van der Waals surface area contributed by atoms with E-state index in [1.54, 1.807) is 4.90 Å². The highest BCUT2D eigenvalue weighted by molar-refractivity contribution is 5.89. The van der Waals surface area contributed by atoms with Crippen LogP contribution in [0.4, 0.5) is 10.5 Å². The van der Waals surface area contributed by atoms with E-state index in [2.05, 4.69) is 20.7 Å². The molecule has 0 radical (unpaired) electrons. The lowest BCUT2D eigenvalue weighted by molar-refractivity contribution is 0.101. The maximum atomic E-state index is 12.4. The van der Waals surface area contributed by atoms with Crippen molar-refractivity contribution in [3.05, 3.63) is 24.3 Å². The van der Waals surface area contributed by atoms with E-state index in [9.17, 15) is 4.79 Å². The molecule has 1 aliphatic rings. The van der Waals surface area contributed by atoms with Gasteiger partial charge in [0.05, 0.1) is 12.6 Å². The third-order valence-electron chi connectivity index (χ3n) is 4.50. The first-order valence-corrected chi connectivity index (χ1v) is 9.17. The van der Waals surface area contributed by atoms with Crippen molar-refractivity contribution < 1.29 is 9.53 Å². The first-order valence-electron chi connectivity index (χ1n) is 9.17. The Balaban J connectivity index is 1.52. The standard InChI is InChI=1S/C18H26N6O2/c1-3-24-21-17(20-22-24)14-7-4-8-15(13-14)19-18(25)23(2)11-5-9-16-10-6-12-26-16/h4,7-8,13,16H,3,5-6,9-12H2,1-2H3,(H,19,25)/t16-/m0/s1. The second-order valence-corrected chi connectivity index (χ2v) is 6.51. The van der Waals surface area contributed by atoms with Crippen molar-refractivity contribution in [2.75, 3.05) is 25.5 Å². The van der Waals surface area contributed by atoms with Crippen LogP contribution >= 0.6 is 0 Å². The van der Waals surface area contributed by atoms with Gasteiger partial charge in [-0.2, -0.15) is 4.80 Å². The van der Waals surface area contributed by atoms with E-state index in [1.807, 2.05) is 38.2 Å². The lowest BCUT2D eigenvalue weighted by Gasteiger charge is -2.19. The number of carbonyl (C=O) groups excluding carboxylic acids is 1. The Morgan fingerprint density at radius 2 is 2.35 bits per heavy atom. The number of nitrogens with zero attached hydrogens (tertiary/aromatic N) is 5. The maximum Gasteiger partial charge on any atom is 0.321 e. The Labute approximate surface area is 153 Å². The number of urea groups is 1. The van der Waals surface area contributed by atoms with Crippen LogP contribution in [-0.2, 0) is 11.3 Å². The van der Waals surface area contributed by atoms with Crippen molar-refractivity contribution in [2.45, 2.75) is 45.3 Å². The number of rotatable bonds is 7. The highest BCUT2D eigenvalue weighted by Crippen LogP contribution is 2.19. The SMILES string of the molecule is CCn1nnc(-c2cccc(NC(=O)N(C)CCC[C@H]3CCCO3)c2)n1. The van der Waals surface area contributed by atoms with Crippen LogP contribution in [0.2, 0.25) is 0 Å². The van der Waals surface area contributed by atoms with E-state index in [4.69, 9.17) is 4.74 Å². The predicted octanol–water partition coefficient (Wildman–Crippen LogP) is 2.78. The van der Waals surface area contributed by atoms with Crippen molar-refractivity contribution >= 4 is 11.7 Å². The van der Waals surface area contributed by atoms with Gasteiger partial charge < -0.3 is 15.0 Å². The fourth-order valence-electron chi connectivity index (χ4n) is 2.98. The number of benzene rings is 1. The number of nitrogens with one attached hydrogen (secondary N) is 1. The molecule has 1 aromatic carbocycles. The minimum atomic E-state index is -0.125. The van der Waals surface area contributed by atoms with Gasteiger partial charge in [-0.05, 0) is 50.0 Å².